The van der Waals surface area contributed by atoms with Crippen molar-refractivity contribution in [3.05, 3.63) is 50.1 Å². The molecule has 0 heterocycles. The van der Waals surface area contributed by atoms with Crippen molar-refractivity contribution in [3.63, 3.8) is 0 Å². The molecule has 0 aliphatic rings. The number of nitro groups is 1. The van der Waals surface area contributed by atoms with Crippen LogP contribution in [-0.4, -0.2) is 4.92 Å². The average molecular weight is 299 g/mol. The van der Waals surface area contributed by atoms with Crippen molar-refractivity contribution in [1.82, 2.24) is 0 Å². The van der Waals surface area contributed by atoms with E-state index in [0.29, 0.717) is 5.39 Å². The number of nitro benzene ring substituents is 1. The molecule has 0 fully saturated rings. The van der Waals surface area contributed by atoms with Gasteiger partial charge in [-0.25, -0.2) is 0 Å². The molecule has 0 atom stereocenters. The van der Waals surface area contributed by atoms with E-state index in [9.17, 15) is 10.1 Å². The largest absolute Gasteiger partial charge is 0.277 e. The van der Waals surface area contributed by atoms with Crippen LogP contribution in [0, 0.1) is 13.7 Å². The Morgan fingerprint density at radius 1 is 1.21 bits per heavy atom. The lowest BCUT2D eigenvalue weighted by molar-refractivity contribution is -0.383. The summed E-state index contributed by atoms with van der Waals surface area (Å²) in [6.07, 6.45) is 0. The Bertz CT molecular complexity index is 510. The zero-order chi connectivity index (χ0) is 10.1. The lowest BCUT2D eigenvalue weighted by atomic mass is 10.1. The molecule has 2 aromatic rings. The minimum absolute atomic E-state index is 0.166. The second-order valence-corrected chi connectivity index (χ2v) is 4.15. The Morgan fingerprint density at radius 3 is 2.71 bits per heavy atom. The minimum atomic E-state index is -0.352. The highest BCUT2D eigenvalue weighted by Crippen LogP contribution is 2.26. The monoisotopic (exact) mass is 299 g/mol. The van der Waals surface area contributed by atoms with Gasteiger partial charge in [0.05, 0.1) is 10.3 Å². The standard InChI is InChI=1S/C10H6INO2/c11-8-4-5-9-7(6-8)2-1-3-10(9)12(13)14/h1-6H. The molecule has 14 heavy (non-hydrogen) atoms. The number of hydrogen-bond donors (Lipinski definition) is 0. The Hall–Kier alpha value is -1.17. The second kappa shape index (κ2) is 3.53. The number of hydrogen-bond acceptors (Lipinski definition) is 2. The van der Waals surface area contributed by atoms with E-state index in [4.69, 9.17) is 0 Å². The second-order valence-electron chi connectivity index (χ2n) is 2.90. The molecule has 0 radical (unpaired) electrons. The summed E-state index contributed by atoms with van der Waals surface area (Å²) in [5.41, 5.74) is 0.166. The number of rotatable bonds is 1. The first kappa shape index (κ1) is 9.39. The van der Waals surface area contributed by atoms with Gasteiger partial charge >= 0.3 is 0 Å². The molecular weight excluding hydrogens is 293 g/mol. The lowest BCUT2D eigenvalue weighted by Crippen LogP contribution is -1.89. The molecule has 2 rings (SSSR count). The first-order valence-corrected chi connectivity index (χ1v) is 5.09. The van der Waals surface area contributed by atoms with Crippen molar-refractivity contribution in [2.24, 2.45) is 0 Å². The fourth-order valence-corrected chi connectivity index (χ4v) is 1.91. The predicted octanol–water partition coefficient (Wildman–Crippen LogP) is 3.35. The highest BCUT2D eigenvalue weighted by molar-refractivity contribution is 14.1. The number of benzene rings is 2. The van der Waals surface area contributed by atoms with Crippen molar-refractivity contribution in [1.29, 1.82) is 0 Å². The van der Waals surface area contributed by atoms with E-state index in [1.165, 1.54) is 6.07 Å². The summed E-state index contributed by atoms with van der Waals surface area (Å²) in [7, 11) is 0. The van der Waals surface area contributed by atoms with Crippen LogP contribution in [0.25, 0.3) is 10.8 Å². The predicted molar refractivity (Wildman–Crippen MR) is 63.3 cm³/mol. The summed E-state index contributed by atoms with van der Waals surface area (Å²) in [6.45, 7) is 0. The van der Waals surface area contributed by atoms with Gasteiger partial charge in [0.25, 0.3) is 5.69 Å². The van der Waals surface area contributed by atoms with Gasteiger partial charge in [0.2, 0.25) is 0 Å². The van der Waals surface area contributed by atoms with E-state index in [2.05, 4.69) is 22.6 Å². The van der Waals surface area contributed by atoms with Crippen LogP contribution in [0.15, 0.2) is 36.4 Å². The maximum absolute atomic E-state index is 10.7. The van der Waals surface area contributed by atoms with Crippen molar-refractivity contribution in [2.75, 3.05) is 0 Å². The molecule has 0 aliphatic carbocycles. The average Bonchev–Trinajstić information content (AvgIpc) is 2.16. The molecule has 4 heteroatoms. The van der Waals surface area contributed by atoms with Crippen molar-refractivity contribution >= 4 is 39.1 Å². The quantitative estimate of drug-likeness (QED) is 0.460. The third-order valence-corrected chi connectivity index (χ3v) is 2.69. The molecule has 0 aromatic heterocycles. The van der Waals surface area contributed by atoms with E-state index >= 15 is 0 Å². The normalized spacial score (nSPS) is 10.4. The maximum atomic E-state index is 10.7. The molecule has 0 amide bonds. The molecule has 0 unspecified atom stereocenters. The number of non-ortho nitro benzene ring substituents is 1. The van der Waals surface area contributed by atoms with Gasteiger partial charge < -0.3 is 0 Å². The Balaban J connectivity index is 2.81. The van der Waals surface area contributed by atoms with Crippen LogP contribution in [0.3, 0.4) is 0 Å². The highest BCUT2D eigenvalue weighted by Gasteiger charge is 2.09. The van der Waals surface area contributed by atoms with Crippen LogP contribution in [0.1, 0.15) is 0 Å². The van der Waals surface area contributed by atoms with Crippen LogP contribution in [-0.2, 0) is 0 Å². The number of fused-ring (bicyclic) bond motifs is 1. The molecule has 3 nitrogen and oxygen atoms in total. The van der Waals surface area contributed by atoms with E-state index in [-0.39, 0.29) is 10.6 Å². The van der Waals surface area contributed by atoms with Gasteiger partial charge in [-0.3, -0.25) is 10.1 Å². The maximum Gasteiger partial charge on any atom is 0.277 e. The summed E-state index contributed by atoms with van der Waals surface area (Å²) in [4.78, 5) is 10.4. The third-order valence-electron chi connectivity index (χ3n) is 2.02. The van der Waals surface area contributed by atoms with Gasteiger partial charge in [0.1, 0.15) is 0 Å². The summed E-state index contributed by atoms with van der Waals surface area (Å²) in [5, 5.41) is 12.3. The summed E-state index contributed by atoms with van der Waals surface area (Å²) in [6, 6.07) is 10.7. The van der Waals surface area contributed by atoms with Gasteiger partial charge in [-0.15, -0.1) is 0 Å². The zero-order valence-corrected chi connectivity index (χ0v) is 9.26. The zero-order valence-electron chi connectivity index (χ0n) is 7.11. The van der Waals surface area contributed by atoms with Crippen molar-refractivity contribution < 1.29 is 4.92 Å². The smallest absolute Gasteiger partial charge is 0.258 e. The van der Waals surface area contributed by atoms with Gasteiger partial charge in [0.15, 0.2) is 0 Å². The molecule has 0 spiro atoms. The molecule has 70 valence electrons. The minimum Gasteiger partial charge on any atom is -0.258 e. The van der Waals surface area contributed by atoms with Crippen LogP contribution in [0.5, 0.6) is 0 Å². The Kier molecular flexibility index (Phi) is 2.37. The molecule has 0 saturated carbocycles. The van der Waals surface area contributed by atoms with Crippen molar-refractivity contribution in [2.45, 2.75) is 0 Å². The summed E-state index contributed by atoms with van der Waals surface area (Å²) >= 11 is 2.19. The summed E-state index contributed by atoms with van der Waals surface area (Å²) < 4.78 is 1.08. The van der Waals surface area contributed by atoms with E-state index in [1.54, 1.807) is 12.1 Å². The Labute approximate surface area is 94.0 Å². The Morgan fingerprint density at radius 2 is 2.00 bits per heavy atom. The lowest BCUT2D eigenvalue weighted by Gasteiger charge is -1.99. The van der Waals surface area contributed by atoms with Crippen LogP contribution < -0.4 is 0 Å². The van der Waals surface area contributed by atoms with E-state index < -0.39 is 0 Å². The van der Waals surface area contributed by atoms with Gasteiger partial charge in [-0.2, -0.15) is 0 Å². The van der Waals surface area contributed by atoms with Crippen LogP contribution >= 0.6 is 22.6 Å². The van der Waals surface area contributed by atoms with Crippen LogP contribution in [0.2, 0.25) is 0 Å². The van der Waals surface area contributed by atoms with Crippen LogP contribution in [0.4, 0.5) is 5.69 Å². The number of halogens is 1. The molecule has 0 saturated heterocycles. The highest BCUT2D eigenvalue weighted by atomic mass is 127. The topological polar surface area (TPSA) is 43.1 Å². The molecule has 0 N–H and O–H groups in total. The first-order chi connectivity index (χ1) is 6.68. The third kappa shape index (κ3) is 1.57. The van der Waals surface area contributed by atoms with E-state index in [1.807, 2.05) is 18.2 Å². The molecule has 2 aromatic carbocycles. The van der Waals surface area contributed by atoms with Gasteiger partial charge in [-0.05, 0) is 46.2 Å². The molecule has 0 bridgehead atoms. The first-order valence-electron chi connectivity index (χ1n) is 4.01. The fourth-order valence-electron chi connectivity index (χ4n) is 1.40. The van der Waals surface area contributed by atoms with Crippen molar-refractivity contribution in [3.8, 4) is 0 Å². The number of nitrogens with zero attached hydrogens (tertiary/aromatic N) is 1. The SMILES string of the molecule is O=[N+]([O-])c1cccc2cc(I)ccc12. The van der Waals surface area contributed by atoms with Gasteiger partial charge in [0, 0.05) is 9.64 Å². The molecule has 0 aliphatic heterocycles. The molecular formula is C10H6INO2. The van der Waals surface area contributed by atoms with Gasteiger partial charge in [-0.1, -0.05) is 12.1 Å². The summed E-state index contributed by atoms with van der Waals surface area (Å²) in [5.74, 6) is 0. The van der Waals surface area contributed by atoms with E-state index in [0.717, 1.165) is 8.96 Å². The fraction of sp³-hybridized carbons (Fsp3) is 0.